The Balaban J connectivity index is 1.12. The van der Waals surface area contributed by atoms with Gasteiger partial charge in [0.15, 0.2) is 8.07 Å². The minimum absolute atomic E-state index is 0.705. The molecule has 0 amide bonds. The molecule has 7 aromatic carbocycles. The van der Waals surface area contributed by atoms with Crippen molar-refractivity contribution in [2.75, 3.05) is 16.5 Å². The number of fused-ring (bicyclic) bond motifs is 4. The van der Waals surface area contributed by atoms with Crippen LogP contribution < -0.4 is 35.3 Å². The fraction of sp³-hybridized carbons (Fsp3) is 0.0784. The number of aryl methyl sites for hydroxylation is 3. The molecule has 2 aliphatic rings. The number of benzene rings is 7. The number of hydrogen-bond acceptors (Lipinski definition) is 4. The van der Waals surface area contributed by atoms with Gasteiger partial charge in [-0.2, -0.15) is 0 Å². The van der Waals surface area contributed by atoms with E-state index in [1.54, 1.807) is 0 Å². The maximum absolute atomic E-state index is 7.03. The third kappa shape index (κ3) is 5.38. The highest BCUT2D eigenvalue weighted by atomic mass is 28.3. The lowest BCUT2D eigenvalue weighted by Gasteiger charge is -2.31. The summed E-state index contributed by atoms with van der Waals surface area (Å²) in [5, 5.41) is 5.40. The highest BCUT2D eigenvalue weighted by Gasteiger charge is 2.49. The predicted octanol–water partition coefficient (Wildman–Crippen LogP) is 10.1. The minimum atomic E-state index is -2.78. The fourth-order valence-electron chi connectivity index (χ4n) is 9.40. The molecule has 56 heavy (non-hydrogen) atoms. The van der Waals surface area contributed by atoms with Crippen molar-refractivity contribution in [1.29, 1.82) is 0 Å². The second-order valence-corrected chi connectivity index (χ2v) is 18.7. The number of aromatic nitrogens is 1. The van der Waals surface area contributed by atoms with E-state index in [0.717, 1.165) is 28.4 Å². The molecule has 4 nitrogen and oxygen atoms in total. The summed E-state index contributed by atoms with van der Waals surface area (Å²) in [4.78, 5) is 9.76. The highest BCUT2D eigenvalue weighted by molar-refractivity contribution is 7.22. The van der Waals surface area contributed by atoms with Crippen LogP contribution in [0.15, 0.2) is 182 Å². The second-order valence-electron chi connectivity index (χ2n) is 15.0. The van der Waals surface area contributed by atoms with Gasteiger partial charge in [0.25, 0.3) is 0 Å². The molecular formula is C51H41N3OSi. The van der Waals surface area contributed by atoms with Crippen molar-refractivity contribution in [3.8, 4) is 33.9 Å². The summed E-state index contributed by atoms with van der Waals surface area (Å²) in [6.07, 6.45) is 1.88. The third-order valence-corrected chi connectivity index (χ3v) is 16.3. The smallest absolute Gasteiger partial charge is 0.181 e. The van der Waals surface area contributed by atoms with Crippen molar-refractivity contribution >= 4 is 51.6 Å². The number of pyridine rings is 1. The van der Waals surface area contributed by atoms with E-state index in [1.807, 2.05) is 12.3 Å². The first-order valence-electron chi connectivity index (χ1n) is 19.3. The van der Waals surface area contributed by atoms with Crippen molar-refractivity contribution in [2.45, 2.75) is 20.8 Å². The lowest BCUT2D eigenvalue weighted by molar-refractivity contribution is 0.483. The molecule has 0 fully saturated rings. The first-order chi connectivity index (χ1) is 27.5. The number of rotatable bonds is 7. The first-order valence-corrected chi connectivity index (χ1v) is 21.3. The lowest BCUT2D eigenvalue weighted by Crippen LogP contribution is -2.72. The van der Waals surface area contributed by atoms with Gasteiger partial charge in [-0.15, -0.1) is 0 Å². The molecule has 0 bridgehead atoms. The molecule has 0 unspecified atom stereocenters. The fourth-order valence-corrected chi connectivity index (χ4v) is 14.6. The summed E-state index contributed by atoms with van der Waals surface area (Å²) < 4.78 is 7.03. The van der Waals surface area contributed by atoms with Crippen LogP contribution >= 0.6 is 0 Å². The summed E-state index contributed by atoms with van der Waals surface area (Å²) in [7, 11) is -2.78. The van der Waals surface area contributed by atoms with Crippen LogP contribution in [0.25, 0.3) is 22.4 Å². The number of nitrogens with zero attached hydrogens (tertiary/aromatic N) is 3. The molecule has 3 heterocycles. The predicted molar refractivity (Wildman–Crippen MR) is 235 cm³/mol. The summed E-state index contributed by atoms with van der Waals surface area (Å²) >= 11 is 0. The quantitative estimate of drug-likeness (QED) is 0.152. The molecule has 0 radical (unpaired) electrons. The van der Waals surface area contributed by atoms with Crippen LogP contribution in [0.5, 0.6) is 11.5 Å². The first kappa shape index (κ1) is 33.8. The summed E-state index contributed by atoms with van der Waals surface area (Å²) in [6, 6.07) is 63.7. The second kappa shape index (κ2) is 13.6. The Hall–Kier alpha value is -6.69. The van der Waals surface area contributed by atoms with Crippen molar-refractivity contribution in [3.63, 3.8) is 0 Å². The van der Waals surface area contributed by atoms with Gasteiger partial charge in [0.05, 0.1) is 17.1 Å². The molecule has 8 aromatic rings. The molecule has 0 atom stereocenters. The zero-order valence-electron chi connectivity index (χ0n) is 31.8. The molecular weight excluding hydrogens is 699 g/mol. The minimum Gasteiger partial charge on any atom is -0.457 e. The van der Waals surface area contributed by atoms with Crippen LogP contribution in [-0.4, -0.2) is 19.7 Å². The number of para-hydroxylation sites is 2. The Labute approximate surface area is 330 Å². The van der Waals surface area contributed by atoms with E-state index in [2.05, 4.69) is 200 Å². The average Bonchev–Trinajstić information content (AvgIpc) is 3.76. The van der Waals surface area contributed by atoms with Gasteiger partial charge in [0.1, 0.15) is 18.2 Å². The zero-order valence-corrected chi connectivity index (χ0v) is 32.8. The number of hydrogen-bond donors (Lipinski definition) is 0. The van der Waals surface area contributed by atoms with E-state index < -0.39 is 8.07 Å². The highest BCUT2D eigenvalue weighted by Crippen LogP contribution is 2.47. The summed E-state index contributed by atoms with van der Waals surface area (Å²) in [6.45, 7) is 7.31. The average molecular weight is 740 g/mol. The topological polar surface area (TPSA) is 28.6 Å². The summed E-state index contributed by atoms with van der Waals surface area (Å²) in [5.41, 5.74) is 13.1. The van der Waals surface area contributed by atoms with Gasteiger partial charge >= 0.3 is 0 Å². The molecule has 0 N–H and O–H groups in total. The van der Waals surface area contributed by atoms with Crippen molar-refractivity contribution < 1.29 is 4.74 Å². The van der Waals surface area contributed by atoms with Gasteiger partial charge < -0.3 is 14.5 Å². The van der Waals surface area contributed by atoms with E-state index in [4.69, 9.17) is 9.72 Å². The molecule has 1 aromatic heterocycles. The van der Waals surface area contributed by atoms with E-state index in [1.165, 1.54) is 65.6 Å². The molecule has 270 valence electrons. The van der Waals surface area contributed by atoms with Crippen molar-refractivity contribution in [2.24, 2.45) is 0 Å². The van der Waals surface area contributed by atoms with Crippen molar-refractivity contribution in [3.05, 3.63) is 199 Å². The molecule has 0 saturated carbocycles. The van der Waals surface area contributed by atoms with Crippen LogP contribution in [0.4, 0.5) is 22.7 Å². The van der Waals surface area contributed by atoms with E-state index in [-0.39, 0.29) is 0 Å². The Morgan fingerprint density at radius 2 is 1.16 bits per heavy atom. The Bertz CT molecular complexity index is 2690. The van der Waals surface area contributed by atoms with Crippen LogP contribution in [0.3, 0.4) is 0 Å². The molecule has 5 heteroatoms. The summed E-state index contributed by atoms with van der Waals surface area (Å²) in [5.74, 6) is 1.59. The normalized spacial score (nSPS) is 13.6. The third-order valence-electron chi connectivity index (χ3n) is 11.5. The molecule has 0 aliphatic carbocycles. The molecule has 2 aliphatic heterocycles. The lowest BCUT2D eigenvalue weighted by atomic mass is 9.97. The van der Waals surface area contributed by atoms with Gasteiger partial charge in [-0.3, -0.25) is 4.98 Å². The molecule has 10 rings (SSSR count). The Kier molecular flexibility index (Phi) is 8.19. The van der Waals surface area contributed by atoms with E-state index >= 15 is 0 Å². The van der Waals surface area contributed by atoms with Gasteiger partial charge in [-0.1, -0.05) is 127 Å². The van der Waals surface area contributed by atoms with Crippen LogP contribution in [0.1, 0.15) is 16.7 Å². The number of ether oxygens (including phenoxy) is 1. The van der Waals surface area contributed by atoms with Gasteiger partial charge in [0, 0.05) is 29.2 Å². The molecule has 0 saturated heterocycles. The Morgan fingerprint density at radius 3 is 1.86 bits per heavy atom. The Morgan fingerprint density at radius 1 is 0.518 bits per heavy atom. The van der Waals surface area contributed by atoms with E-state index in [0.29, 0.717) is 6.67 Å². The van der Waals surface area contributed by atoms with Gasteiger partial charge in [-0.25, -0.2) is 0 Å². The largest absolute Gasteiger partial charge is 0.457 e. The van der Waals surface area contributed by atoms with Crippen LogP contribution in [-0.2, 0) is 0 Å². The van der Waals surface area contributed by atoms with Gasteiger partial charge in [-0.05, 0) is 112 Å². The van der Waals surface area contributed by atoms with Crippen molar-refractivity contribution in [1.82, 2.24) is 4.98 Å². The number of anilines is 4. The maximum Gasteiger partial charge on any atom is 0.181 e. The molecule has 0 spiro atoms. The van der Waals surface area contributed by atoms with Crippen LogP contribution in [0.2, 0.25) is 0 Å². The SMILES string of the molecule is Cc1cc(C)c(N2CN(c3cccc(Oc4cc(-c5ccccn5)c5c(c4)[Si](c4ccccc4)(c4ccccc4)c4ccccc4-5)c3)c3ccccc32)c(C)c1. The van der Waals surface area contributed by atoms with Crippen LogP contribution in [0, 0.1) is 20.8 Å². The zero-order chi connectivity index (χ0) is 37.8. The standard InChI is InChI=1S/C51H41N3OSi/c1-35-29-36(2)51(37(3)30-35)54-34-53(46-25-11-12-26-47(46)54)38-17-16-18-39(31-38)55-40-32-44(45-24-14-15-28-52-45)50-43-23-10-13-27-48(43)56(49(50)33-40,41-19-6-4-7-20-41)42-21-8-5-9-22-42/h4-33H,34H2,1-3H3. The van der Waals surface area contributed by atoms with E-state index in [9.17, 15) is 0 Å². The van der Waals surface area contributed by atoms with Gasteiger partial charge in [0.2, 0.25) is 0 Å². The monoisotopic (exact) mass is 739 g/mol. The maximum atomic E-state index is 7.03.